The van der Waals surface area contributed by atoms with Crippen molar-refractivity contribution in [1.29, 1.82) is 0 Å². The van der Waals surface area contributed by atoms with Gasteiger partial charge in [0.15, 0.2) is 0 Å². The third-order valence-corrected chi connectivity index (χ3v) is 5.19. The first-order valence-electron chi connectivity index (χ1n) is 7.46. The molecule has 0 saturated heterocycles. The number of halogens is 3. The second kappa shape index (κ2) is 4.99. The van der Waals surface area contributed by atoms with Gasteiger partial charge in [-0.25, -0.2) is 0 Å². The van der Waals surface area contributed by atoms with Crippen molar-refractivity contribution in [3.05, 3.63) is 34.9 Å². The van der Waals surface area contributed by atoms with E-state index in [1.807, 2.05) is 0 Å². The van der Waals surface area contributed by atoms with E-state index < -0.39 is 24.4 Å². The standard InChI is InChI=1S/C16H20F3NO/c17-16(18,19)13-7-10(4-5-12(13)14(20)9-21)15-6-2-1-3-11(15)8-15/h4-5,7,11,14,21H,1-3,6,8-9,20H2. The molecule has 2 fully saturated rings. The molecule has 2 saturated carbocycles. The van der Waals surface area contributed by atoms with Crippen molar-refractivity contribution in [2.24, 2.45) is 11.7 Å². The molecule has 0 aliphatic heterocycles. The number of benzene rings is 1. The Labute approximate surface area is 122 Å². The minimum absolute atomic E-state index is 0.0156. The highest BCUT2D eigenvalue weighted by Crippen LogP contribution is 2.62. The van der Waals surface area contributed by atoms with Crippen molar-refractivity contribution < 1.29 is 18.3 Å². The van der Waals surface area contributed by atoms with Crippen LogP contribution in [0, 0.1) is 5.92 Å². The quantitative estimate of drug-likeness (QED) is 0.897. The zero-order valence-electron chi connectivity index (χ0n) is 11.8. The molecule has 5 heteroatoms. The zero-order chi connectivity index (χ0) is 15.3. The molecule has 116 valence electrons. The molecule has 0 amide bonds. The molecule has 3 atom stereocenters. The van der Waals surface area contributed by atoms with Crippen LogP contribution in [0.2, 0.25) is 0 Å². The van der Waals surface area contributed by atoms with Crippen LogP contribution in [0.15, 0.2) is 18.2 Å². The molecule has 3 unspecified atom stereocenters. The Morgan fingerprint density at radius 1 is 1.33 bits per heavy atom. The number of aliphatic hydroxyl groups excluding tert-OH is 1. The molecule has 2 aliphatic carbocycles. The average molecular weight is 299 g/mol. The average Bonchev–Trinajstić information content (AvgIpc) is 3.20. The van der Waals surface area contributed by atoms with Gasteiger partial charge in [-0.3, -0.25) is 0 Å². The molecule has 3 N–H and O–H groups in total. The lowest BCUT2D eigenvalue weighted by Gasteiger charge is -2.25. The van der Waals surface area contributed by atoms with Gasteiger partial charge in [-0.1, -0.05) is 25.0 Å². The maximum absolute atomic E-state index is 13.3. The van der Waals surface area contributed by atoms with Crippen LogP contribution in [-0.4, -0.2) is 11.7 Å². The SMILES string of the molecule is NC(CO)c1ccc(C23CCCCC2C3)cc1C(F)(F)F. The first-order valence-corrected chi connectivity index (χ1v) is 7.46. The van der Waals surface area contributed by atoms with Crippen LogP contribution in [0.3, 0.4) is 0 Å². The summed E-state index contributed by atoms with van der Waals surface area (Å²) in [7, 11) is 0. The van der Waals surface area contributed by atoms with E-state index in [4.69, 9.17) is 10.8 Å². The topological polar surface area (TPSA) is 46.2 Å². The predicted molar refractivity (Wildman–Crippen MR) is 73.7 cm³/mol. The van der Waals surface area contributed by atoms with E-state index in [9.17, 15) is 13.2 Å². The van der Waals surface area contributed by atoms with Crippen molar-refractivity contribution in [3.8, 4) is 0 Å². The Balaban J connectivity index is 2.01. The maximum atomic E-state index is 13.3. The normalized spacial score (nSPS) is 29.9. The summed E-state index contributed by atoms with van der Waals surface area (Å²) in [6, 6.07) is 3.52. The van der Waals surface area contributed by atoms with Gasteiger partial charge in [-0.2, -0.15) is 13.2 Å². The number of rotatable bonds is 3. The smallest absolute Gasteiger partial charge is 0.394 e. The summed E-state index contributed by atoms with van der Waals surface area (Å²) in [5.41, 5.74) is 5.68. The highest BCUT2D eigenvalue weighted by atomic mass is 19.4. The van der Waals surface area contributed by atoms with Gasteiger partial charge in [-0.15, -0.1) is 0 Å². The number of fused-ring (bicyclic) bond motifs is 1. The lowest BCUT2D eigenvalue weighted by atomic mass is 9.81. The molecule has 2 nitrogen and oxygen atoms in total. The van der Waals surface area contributed by atoms with E-state index in [2.05, 4.69) is 0 Å². The lowest BCUT2D eigenvalue weighted by molar-refractivity contribution is -0.138. The van der Waals surface area contributed by atoms with Gasteiger partial charge >= 0.3 is 6.18 Å². The molecule has 2 aliphatic rings. The molecular formula is C16H20F3NO. The molecule has 21 heavy (non-hydrogen) atoms. The Kier molecular flexibility index (Phi) is 3.53. The summed E-state index contributed by atoms with van der Waals surface area (Å²) in [5.74, 6) is 0.546. The van der Waals surface area contributed by atoms with Crippen molar-refractivity contribution >= 4 is 0 Å². The molecule has 1 aromatic rings. The summed E-state index contributed by atoms with van der Waals surface area (Å²) in [6.45, 7) is -0.490. The monoisotopic (exact) mass is 299 g/mol. The Morgan fingerprint density at radius 3 is 2.71 bits per heavy atom. The molecule has 3 rings (SSSR count). The second-order valence-corrected chi connectivity index (χ2v) is 6.39. The van der Waals surface area contributed by atoms with Crippen molar-refractivity contribution in [3.63, 3.8) is 0 Å². The van der Waals surface area contributed by atoms with Crippen LogP contribution in [0.25, 0.3) is 0 Å². The summed E-state index contributed by atoms with van der Waals surface area (Å²) in [6.07, 6.45) is 0.963. The molecule has 1 aromatic carbocycles. The van der Waals surface area contributed by atoms with Crippen LogP contribution < -0.4 is 5.73 Å². The molecule has 0 aromatic heterocycles. The minimum Gasteiger partial charge on any atom is -0.394 e. The summed E-state index contributed by atoms with van der Waals surface area (Å²) in [5, 5.41) is 9.06. The van der Waals surface area contributed by atoms with E-state index in [0.717, 1.165) is 31.2 Å². The first kappa shape index (κ1) is 14.9. The largest absolute Gasteiger partial charge is 0.416 e. The maximum Gasteiger partial charge on any atom is 0.416 e. The van der Waals surface area contributed by atoms with E-state index in [1.54, 1.807) is 6.07 Å². The van der Waals surface area contributed by atoms with Gasteiger partial charge in [0, 0.05) is 0 Å². The Bertz CT molecular complexity index is 543. The number of alkyl halides is 3. The Morgan fingerprint density at radius 2 is 2.10 bits per heavy atom. The van der Waals surface area contributed by atoms with E-state index in [-0.39, 0.29) is 11.0 Å². The lowest BCUT2D eigenvalue weighted by Crippen LogP contribution is -2.22. The van der Waals surface area contributed by atoms with Gasteiger partial charge in [0.25, 0.3) is 0 Å². The van der Waals surface area contributed by atoms with Crippen LogP contribution in [0.5, 0.6) is 0 Å². The second-order valence-electron chi connectivity index (χ2n) is 6.39. The summed E-state index contributed by atoms with van der Waals surface area (Å²) >= 11 is 0. The summed E-state index contributed by atoms with van der Waals surface area (Å²) in [4.78, 5) is 0. The van der Waals surface area contributed by atoms with Gasteiger partial charge in [0.05, 0.1) is 18.2 Å². The van der Waals surface area contributed by atoms with Crippen LogP contribution in [-0.2, 0) is 11.6 Å². The third kappa shape index (κ3) is 2.46. The van der Waals surface area contributed by atoms with E-state index >= 15 is 0 Å². The molecular weight excluding hydrogens is 279 g/mol. The molecule has 0 spiro atoms. The van der Waals surface area contributed by atoms with Crippen molar-refractivity contribution in [1.82, 2.24) is 0 Å². The number of nitrogens with two attached hydrogens (primary N) is 1. The number of hydrogen-bond donors (Lipinski definition) is 2. The van der Waals surface area contributed by atoms with Crippen LogP contribution >= 0.6 is 0 Å². The van der Waals surface area contributed by atoms with Gasteiger partial charge in [0.2, 0.25) is 0 Å². The fraction of sp³-hybridized carbons (Fsp3) is 0.625. The number of hydrogen-bond acceptors (Lipinski definition) is 2. The van der Waals surface area contributed by atoms with E-state index in [0.29, 0.717) is 5.92 Å². The molecule has 0 heterocycles. The van der Waals surface area contributed by atoms with Crippen LogP contribution in [0.4, 0.5) is 13.2 Å². The highest BCUT2D eigenvalue weighted by Gasteiger charge is 2.56. The Hall–Kier alpha value is -1.07. The first-order chi connectivity index (χ1) is 9.88. The molecule has 0 bridgehead atoms. The zero-order valence-corrected chi connectivity index (χ0v) is 11.8. The van der Waals surface area contributed by atoms with Crippen LogP contribution in [0.1, 0.15) is 54.8 Å². The highest BCUT2D eigenvalue weighted by molar-refractivity contribution is 5.43. The fourth-order valence-corrected chi connectivity index (χ4v) is 3.93. The van der Waals surface area contributed by atoms with Crippen molar-refractivity contribution in [2.75, 3.05) is 6.61 Å². The molecule has 0 radical (unpaired) electrons. The van der Waals surface area contributed by atoms with Gasteiger partial charge < -0.3 is 10.8 Å². The predicted octanol–water partition coefficient (Wildman–Crippen LogP) is 3.53. The van der Waals surface area contributed by atoms with Crippen molar-refractivity contribution in [2.45, 2.75) is 49.7 Å². The van der Waals surface area contributed by atoms with Gasteiger partial charge in [-0.05, 0) is 47.8 Å². The fourth-order valence-electron chi connectivity index (χ4n) is 3.93. The minimum atomic E-state index is -4.44. The summed E-state index contributed by atoms with van der Waals surface area (Å²) < 4.78 is 39.9. The van der Waals surface area contributed by atoms with Gasteiger partial charge in [0.1, 0.15) is 0 Å². The number of aliphatic hydroxyl groups is 1. The third-order valence-electron chi connectivity index (χ3n) is 5.19. The van der Waals surface area contributed by atoms with E-state index in [1.165, 1.54) is 18.6 Å².